The van der Waals surface area contributed by atoms with E-state index in [0.717, 1.165) is 11.4 Å². The zero-order chi connectivity index (χ0) is 19.5. The van der Waals surface area contributed by atoms with E-state index in [1.165, 1.54) is 65.3 Å². The molecule has 0 aliphatic rings. The molecule has 0 N–H and O–H groups in total. The third-order valence-electron chi connectivity index (χ3n) is 6.38. The first-order valence-corrected chi connectivity index (χ1v) is 10.0. The Morgan fingerprint density at radius 3 is 1.73 bits per heavy atom. The predicted octanol–water partition coefficient (Wildman–Crippen LogP) is 7.44. The second-order valence-corrected chi connectivity index (χ2v) is 8.52. The smallest absolute Gasteiger partial charge is 0.0789 e. The molecule has 1 heterocycles. The molecule has 0 saturated carbocycles. The van der Waals surface area contributed by atoms with Gasteiger partial charge in [-0.15, -0.1) is 0 Å². The van der Waals surface area contributed by atoms with E-state index in [4.69, 9.17) is 4.98 Å². The maximum absolute atomic E-state index is 5.10. The van der Waals surface area contributed by atoms with Gasteiger partial charge in [0.05, 0.1) is 5.69 Å². The van der Waals surface area contributed by atoms with Crippen molar-refractivity contribution in [2.24, 2.45) is 0 Å². The molecular weight excluding hydrogens is 382 g/mol. The maximum Gasteiger partial charge on any atom is 0.0789 e. The molecular formula is C24H28BrN. The van der Waals surface area contributed by atoms with E-state index in [9.17, 15) is 0 Å². The SMILES string of the molecule is Cc1cc(-c2nc(C)c(C)c3c(C)c(C)c(C)c(C)c23)c(C)c(C)c1Br. The van der Waals surface area contributed by atoms with E-state index in [1.54, 1.807) is 0 Å². The highest BCUT2D eigenvalue weighted by atomic mass is 79.9. The van der Waals surface area contributed by atoms with Crippen LogP contribution in [0.25, 0.3) is 22.0 Å². The first-order chi connectivity index (χ1) is 12.1. The number of pyridine rings is 1. The van der Waals surface area contributed by atoms with Crippen molar-refractivity contribution in [1.29, 1.82) is 0 Å². The number of fused-ring (bicyclic) bond motifs is 1. The summed E-state index contributed by atoms with van der Waals surface area (Å²) in [6, 6.07) is 2.28. The monoisotopic (exact) mass is 409 g/mol. The summed E-state index contributed by atoms with van der Waals surface area (Å²) < 4.78 is 1.20. The third kappa shape index (κ3) is 2.62. The first kappa shape index (κ1) is 19.1. The molecule has 0 aliphatic carbocycles. The molecule has 0 atom stereocenters. The van der Waals surface area contributed by atoms with Crippen LogP contribution in [0.15, 0.2) is 10.5 Å². The summed E-state index contributed by atoms with van der Waals surface area (Å²) in [7, 11) is 0. The summed E-state index contributed by atoms with van der Waals surface area (Å²) in [6.45, 7) is 19.9. The Bertz CT molecular complexity index is 1070. The fourth-order valence-corrected chi connectivity index (χ4v) is 4.47. The van der Waals surface area contributed by atoms with Gasteiger partial charge in [0.2, 0.25) is 0 Å². The standard InChI is InChI=1S/C24H28BrN/c1-11-10-20(14(4)17(7)23(11)25)24-22-16(6)13(3)12(2)15(5)21(22)18(8)19(9)26-24/h10H,1-9H3. The molecule has 136 valence electrons. The predicted molar refractivity (Wildman–Crippen MR) is 118 cm³/mol. The van der Waals surface area contributed by atoms with Crippen LogP contribution in [0.1, 0.15) is 50.2 Å². The lowest BCUT2D eigenvalue weighted by molar-refractivity contribution is 1.15. The summed E-state index contributed by atoms with van der Waals surface area (Å²) in [5.74, 6) is 0. The van der Waals surface area contributed by atoms with Crippen LogP contribution in [0.5, 0.6) is 0 Å². The van der Waals surface area contributed by atoms with Gasteiger partial charge in [-0.05, 0) is 118 Å². The van der Waals surface area contributed by atoms with Crippen LogP contribution in [-0.2, 0) is 0 Å². The second-order valence-electron chi connectivity index (χ2n) is 7.73. The fraction of sp³-hybridized carbons (Fsp3) is 0.375. The van der Waals surface area contributed by atoms with Gasteiger partial charge in [0.15, 0.2) is 0 Å². The lowest BCUT2D eigenvalue weighted by atomic mass is 9.86. The molecule has 0 spiro atoms. The van der Waals surface area contributed by atoms with Crippen LogP contribution in [0, 0.1) is 62.3 Å². The number of rotatable bonds is 1. The van der Waals surface area contributed by atoms with Crippen molar-refractivity contribution >= 4 is 26.7 Å². The molecule has 3 aromatic rings. The van der Waals surface area contributed by atoms with Gasteiger partial charge in [-0.1, -0.05) is 15.9 Å². The van der Waals surface area contributed by atoms with Gasteiger partial charge in [0.25, 0.3) is 0 Å². The molecule has 0 saturated heterocycles. The Labute approximate surface area is 166 Å². The van der Waals surface area contributed by atoms with Crippen molar-refractivity contribution in [3.05, 3.63) is 60.7 Å². The summed E-state index contributed by atoms with van der Waals surface area (Å²) in [5.41, 5.74) is 14.2. The summed E-state index contributed by atoms with van der Waals surface area (Å²) in [4.78, 5) is 5.10. The minimum Gasteiger partial charge on any atom is -0.252 e. The Morgan fingerprint density at radius 2 is 1.15 bits per heavy atom. The maximum atomic E-state index is 5.10. The van der Waals surface area contributed by atoms with E-state index >= 15 is 0 Å². The van der Waals surface area contributed by atoms with Gasteiger partial charge in [-0.3, -0.25) is 4.98 Å². The van der Waals surface area contributed by atoms with E-state index in [-0.39, 0.29) is 0 Å². The minimum atomic E-state index is 1.12. The molecule has 3 rings (SSSR count). The third-order valence-corrected chi connectivity index (χ3v) is 7.60. The Kier molecular flexibility index (Phi) is 4.77. The van der Waals surface area contributed by atoms with Gasteiger partial charge in [0.1, 0.15) is 0 Å². The van der Waals surface area contributed by atoms with Crippen LogP contribution >= 0.6 is 15.9 Å². The van der Waals surface area contributed by atoms with Crippen LogP contribution < -0.4 is 0 Å². The average molecular weight is 410 g/mol. The van der Waals surface area contributed by atoms with Crippen LogP contribution in [0.4, 0.5) is 0 Å². The fourth-order valence-electron chi connectivity index (χ4n) is 4.06. The van der Waals surface area contributed by atoms with Crippen molar-refractivity contribution in [2.75, 3.05) is 0 Å². The number of hydrogen-bond acceptors (Lipinski definition) is 1. The number of benzene rings is 2. The highest BCUT2D eigenvalue weighted by Gasteiger charge is 2.20. The molecule has 1 nitrogen and oxygen atoms in total. The number of aryl methyl sites for hydroxylation is 5. The molecule has 0 amide bonds. The Balaban J connectivity index is 2.60. The van der Waals surface area contributed by atoms with Crippen molar-refractivity contribution < 1.29 is 0 Å². The largest absolute Gasteiger partial charge is 0.252 e. The van der Waals surface area contributed by atoms with Crippen LogP contribution in [0.3, 0.4) is 0 Å². The van der Waals surface area contributed by atoms with Crippen molar-refractivity contribution in [3.8, 4) is 11.3 Å². The molecule has 0 fully saturated rings. The van der Waals surface area contributed by atoms with Gasteiger partial charge in [0, 0.05) is 21.1 Å². The summed E-state index contributed by atoms with van der Waals surface area (Å²) in [5, 5.41) is 2.70. The molecule has 1 aromatic heterocycles. The number of nitrogens with zero attached hydrogens (tertiary/aromatic N) is 1. The summed E-state index contributed by atoms with van der Waals surface area (Å²) >= 11 is 3.74. The quantitative estimate of drug-likeness (QED) is 0.406. The number of aromatic nitrogens is 1. The van der Waals surface area contributed by atoms with Gasteiger partial charge in [-0.25, -0.2) is 0 Å². The molecule has 0 aliphatic heterocycles. The van der Waals surface area contributed by atoms with E-state index in [1.807, 2.05) is 0 Å². The number of hydrogen-bond donors (Lipinski definition) is 0. The lowest BCUT2D eigenvalue weighted by Gasteiger charge is -2.21. The van der Waals surface area contributed by atoms with Crippen molar-refractivity contribution in [1.82, 2.24) is 4.98 Å². The zero-order valence-corrected chi connectivity index (χ0v) is 19.0. The zero-order valence-electron chi connectivity index (χ0n) is 17.4. The normalized spacial score (nSPS) is 11.5. The average Bonchev–Trinajstić information content (AvgIpc) is 2.61. The molecule has 0 bridgehead atoms. The second kappa shape index (κ2) is 6.49. The van der Waals surface area contributed by atoms with Gasteiger partial charge in [-0.2, -0.15) is 0 Å². The van der Waals surface area contributed by atoms with Gasteiger partial charge < -0.3 is 0 Å². The number of halogens is 1. The molecule has 0 unspecified atom stereocenters. The molecule has 0 radical (unpaired) electrons. The van der Waals surface area contributed by atoms with Crippen molar-refractivity contribution in [2.45, 2.75) is 62.3 Å². The van der Waals surface area contributed by atoms with Crippen LogP contribution in [-0.4, -0.2) is 4.98 Å². The van der Waals surface area contributed by atoms with E-state index < -0.39 is 0 Å². The Hall–Kier alpha value is -1.67. The van der Waals surface area contributed by atoms with Gasteiger partial charge >= 0.3 is 0 Å². The van der Waals surface area contributed by atoms with E-state index in [2.05, 4.69) is 84.3 Å². The molecule has 26 heavy (non-hydrogen) atoms. The summed E-state index contributed by atoms with van der Waals surface area (Å²) in [6.07, 6.45) is 0. The Morgan fingerprint density at radius 1 is 0.615 bits per heavy atom. The minimum absolute atomic E-state index is 1.12. The van der Waals surface area contributed by atoms with Crippen LogP contribution in [0.2, 0.25) is 0 Å². The topological polar surface area (TPSA) is 12.9 Å². The first-order valence-electron chi connectivity index (χ1n) is 9.21. The highest BCUT2D eigenvalue weighted by Crippen LogP contribution is 2.40. The van der Waals surface area contributed by atoms with E-state index in [0.29, 0.717) is 0 Å². The molecule has 2 heteroatoms. The highest BCUT2D eigenvalue weighted by molar-refractivity contribution is 9.10. The molecule has 2 aromatic carbocycles. The lowest BCUT2D eigenvalue weighted by Crippen LogP contribution is -2.03. The van der Waals surface area contributed by atoms with Crippen molar-refractivity contribution in [3.63, 3.8) is 0 Å².